The van der Waals surface area contributed by atoms with E-state index in [0.717, 1.165) is 12.8 Å². The molecular formula is C14H21N3O3. The van der Waals surface area contributed by atoms with E-state index < -0.39 is 5.60 Å². The number of nitrogens with zero attached hydrogens (tertiary/aromatic N) is 3. The number of likely N-dealkylation sites (tertiary alicyclic amines) is 1. The molecule has 0 N–H and O–H groups in total. The van der Waals surface area contributed by atoms with Gasteiger partial charge in [-0.3, -0.25) is 0 Å². The zero-order valence-electron chi connectivity index (χ0n) is 12.2. The second-order valence-corrected chi connectivity index (χ2v) is 5.85. The molecule has 6 nitrogen and oxygen atoms in total. The first kappa shape index (κ1) is 14.6. The van der Waals surface area contributed by atoms with Gasteiger partial charge in [0.1, 0.15) is 11.7 Å². The van der Waals surface area contributed by atoms with Gasteiger partial charge in [-0.15, -0.1) is 5.10 Å². The quantitative estimate of drug-likeness (QED) is 0.830. The highest BCUT2D eigenvalue weighted by Crippen LogP contribution is 2.18. The molecule has 0 unspecified atom stereocenters. The first-order valence-corrected chi connectivity index (χ1v) is 6.86. The summed E-state index contributed by atoms with van der Waals surface area (Å²) in [7, 11) is 0. The molecule has 0 bridgehead atoms. The summed E-state index contributed by atoms with van der Waals surface area (Å²) in [5.41, 5.74) is -0.454. The summed E-state index contributed by atoms with van der Waals surface area (Å²) in [4.78, 5) is 13.6. The first-order chi connectivity index (χ1) is 9.44. The molecule has 1 aromatic rings. The van der Waals surface area contributed by atoms with Crippen molar-refractivity contribution in [2.45, 2.75) is 45.3 Å². The van der Waals surface area contributed by atoms with Crippen molar-refractivity contribution in [3.05, 3.63) is 18.3 Å². The van der Waals surface area contributed by atoms with Crippen molar-refractivity contribution in [1.82, 2.24) is 15.1 Å². The SMILES string of the molecule is CC(C)(C)OC(=O)N1CCC(Oc2cccnn2)CC1. The maximum absolute atomic E-state index is 11.9. The third-order valence-electron chi connectivity index (χ3n) is 2.93. The van der Waals surface area contributed by atoms with Crippen LogP contribution < -0.4 is 4.74 Å². The Kier molecular flexibility index (Phi) is 4.42. The zero-order valence-corrected chi connectivity index (χ0v) is 12.2. The summed E-state index contributed by atoms with van der Waals surface area (Å²) in [6, 6.07) is 3.57. The van der Waals surface area contributed by atoms with Crippen molar-refractivity contribution in [2.24, 2.45) is 0 Å². The van der Waals surface area contributed by atoms with Crippen LogP contribution in [-0.4, -0.2) is 46.0 Å². The van der Waals surface area contributed by atoms with Gasteiger partial charge in [0, 0.05) is 38.2 Å². The van der Waals surface area contributed by atoms with Gasteiger partial charge in [-0.2, -0.15) is 5.10 Å². The highest BCUT2D eigenvalue weighted by atomic mass is 16.6. The van der Waals surface area contributed by atoms with Crippen LogP contribution in [-0.2, 0) is 4.74 Å². The molecule has 110 valence electrons. The lowest BCUT2D eigenvalue weighted by Crippen LogP contribution is -2.44. The Bertz CT molecular complexity index is 437. The van der Waals surface area contributed by atoms with E-state index in [1.54, 1.807) is 23.2 Å². The Morgan fingerprint density at radius 1 is 1.35 bits per heavy atom. The van der Waals surface area contributed by atoms with Crippen LogP contribution in [0.3, 0.4) is 0 Å². The second-order valence-electron chi connectivity index (χ2n) is 5.85. The predicted octanol–water partition coefficient (Wildman–Crippen LogP) is 2.25. The van der Waals surface area contributed by atoms with Crippen molar-refractivity contribution in [2.75, 3.05) is 13.1 Å². The number of ether oxygens (including phenoxy) is 2. The van der Waals surface area contributed by atoms with Gasteiger partial charge in [0.05, 0.1) is 0 Å². The fourth-order valence-electron chi connectivity index (χ4n) is 2.00. The van der Waals surface area contributed by atoms with Gasteiger partial charge in [0.25, 0.3) is 0 Å². The monoisotopic (exact) mass is 279 g/mol. The summed E-state index contributed by atoms with van der Waals surface area (Å²) in [5.74, 6) is 0.531. The smallest absolute Gasteiger partial charge is 0.410 e. The minimum atomic E-state index is -0.454. The summed E-state index contributed by atoms with van der Waals surface area (Å²) >= 11 is 0. The molecule has 0 spiro atoms. The Morgan fingerprint density at radius 3 is 2.60 bits per heavy atom. The molecule has 0 aliphatic carbocycles. The lowest BCUT2D eigenvalue weighted by Gasteiger charge is -2.33. The van der Waals surface area contributed by atoms with Gasteiger partial charge in [-0.1, -0.05) is 0 Å². The number of carbonyl (C=O) groups excluding carboxylic acids is 1. The molecule has 2 heterocycles. The topological polar surface area (TPSA) is 64.5 Å². The highest BCUT2D eigenvalue weighted by molar-refractivity contribution is 5.68. The molecule has 1 aliphatic heterocycles. The van der Waals surface area contributed by atoms with Crippen molar-refractivity contribution in [1.29, 1.82) is 0 Å². The van der Waals surface area contributed by atoms with Crippen molar-refractivity contribution < 1.29 is 14.3 Å². The van der Waals surface area contributed by atoms with E-state index in [1.807, 2.05) is 20.8 Å². The van der Waals surface area contributed by atoms with Crippen LogP contribution >= 0.6 is 0 Å². The van der Waals surface area contributed by atoms with Crippen LogP contribution in [0.2, 0.25) is 0 Å². The van der Waals surface area contributed by atoms with Crippen molar-refractivity contribution in [3.8, 4) is 5.88 Å². The number of carbonyl (C=O) groups is 1. The average molecular weight is 279 g/mol. The lowest BCUT2D eigenvalue weighted by atomic mass is 10.1. The summed E-state index contributed by atoms with van der Waals surface area (Å²) in [6.07, 6.45) is 2.98. The number of hydrogen-bond acceptors (Lipinski definition) is 5. The van der Waals surface area contributed by atoms with Gasteiger partial charge in [-0.05, 0) is 26.8 Å². The maximum Gasteiger partial charge on any atom is 0.410 e. The summed E-state index contributed by atoms with van der Waals surface area (Å²) < 4.78 is 11.1. The average Bonchev–Trinajstić information content (AvgIpc) is 2.39. The molecule has 0 atom stereocenters. The summed E-state index contributed by atoms with van der Waals surface area (Å²) in [5, 5.41) is 7.67. The maximum atomic E-state index is 11.9. The molecule has 1 fully saturated rings. The molecule has 2 rings (SSSR count). The fourth-order valence-corrected chi connectivity index (χ4v) is 2.00. The normalized spacial score (nSPS) is 16.9. The van der Waals surface area contributed by atoms with E-state index in [9.17, 15) is 4.79 Å². The molecule has 1 amide bonds. The molecule has 1 aliphatic rings. The molecule has 0 radical (unpaired) electrons. The molecule has 1 aromatic heterocycles. The fraction of sp³-hybridized carbons (Fsp3) is 0.643. The van der Waals surface area contributed by atoms with Crippen LogP contribution in [0.1, 0.15) is 33.6 Å². The van der Waals surface area contributed by atoms with Gasteiger partial charge in [-0.25, -0.2) is 4.79 Å². The first-order valence-electron chi connectivity index (χ1n) is 6.86. The second kappa shape index (κ2) is 6.07. The Morgan fingerprint density at radius 2 is 2.05 bits per heavy atom. The molecular weight excluding hydrogens is 258 g/mol. The van der Waals surface area contributed by atoms with E-state index in [1.165, 1.54) is 0 Å². The Hall–Kier alpha value is -1.85. The van der Waals surface area contributed by atoms with Crippen molar-refractivity contribution in [3.63, 3.8) is 0 Å². The number of hydrogen-bond donors (Lipinski definition) is 0. The number of amides is 1. The summed E-state index contributed by atoms with van der Waals surface area (Å²) in [6.45, 7) is 6.89. The van der Waals surface area contributed by atoms with E-state index in [-0.39, 0.29) is 12.2 Å². The highest BCUT2D eigenvalue weighted by Gasteiger charge is 2.27. The van der Waals surface area contributed by atoms with E-state index in [4.69, 9.17) is 9.47 Å². The molecule has 20 heavy (non-hydrogen) atoms. The number of rotatable bonds is 2. The molecule has 0 saturated carbocycles. The third-order valence-corrected chi connectivity index (χ3v) is 2.93. The van der Waals surface area contributed by atoms with Crippen LogP contribution in [0.25, 0.3) is 0 Å². The van der Waals surface area contributed by atoms with E-state index >= 15 is 0 Å². The Labute approximate surface area is 119 Å². The van der Waals surface area contributed by atoms with Gasteiger partial charge < -0.3 is 14.4 Å². The largest absolute Gasteiger partial charge is 0.473 e. The van der Waals surface area contributed by atoms with Crippen molar-refractivity contribution >= 4 is 6.09 Å². The molecule has 0 aromatic carbocycles. The number of piperidine rings is 1. The van der Waals surface area contributed by atoms with Crippen LogP contribution in [0.4, 0.5) is 4.79 Å². The van der Waals surface area contributed by atoms with Crippen LogP contribution in [0.5, 0.6) is 5.88 Å². The van der Waals surface area contributed by atoms with Gasteiger partial charge >= 0.3 is 6.09 Å². The number of aromatic nitrogens is 2. The van der Waals surface area contributed by atoms with E-state index in [2.05, 4.69) is 10.2 Å². The van der Waals surface area contributed by atoms with Crippen LogP contribution in [0.15, 0.2) is 18.3 Å². The zero-order chi connectivity index (χ0) is 14.6. The lowest BCUT2D eigenvalue weighted by molar-refractivity contribution is 0.0122. The minimum Gasteiger partial charge on any atom is -0.473 e. The molecule has 6 heteroatoms. The minimum absolute atomic E-state index is 0.0744. The van der Waals surface area contributed by atoms with Gasteiger partial charge in [0.15, 0.2) is 0 Å². The van der Waals surface area contributed by atoms with Gasteiger partial charge in [0.2, 0.25) is 5.88 Å². The Balaban J connectivity index is 1.79. The van der Waals surface area contributed by atoms with E-state index in [0.29, 0.717) is 19.0 Å². The third kappa shape index (κ3) is 4.36. The van der Waals surface area contributed by atoms with Crippen LogP contribution in [0, 0.1) is 0 Å². The predicted molar refractivity (Wildman–Crippen MR) is 73.5 cm³/mol. The standard InChI is InChI=1S/C14H21N3O3/c1-14(2,3)20-13(18)17-9-6-11(7-10-17)19-12-5-4-8-15-16-12/h4-5,8,11H,6-7,9-10H2,1-3H3. The molecule has 1 saturated heterocycles.